The Hall–Kier alpha value is -3.47. The molecule has 0 bridgehead atoms. The Labute approximate surface area is 177 Å². The molecule has 0 spiro atoms. The van der Waals surface area contributed by atoms with Crippen molar-refractivity contribution in [3.63, 3.8) is 0 Å². The fraction of sp³-hybridized carbons (Fsp3) is 0.240. The average molecular weight is 405 g/mol. The molecule has 0 aliphatic rings. The minimum Gasteiger partial charge on any atom is -0.496 e. The number of methoxy groups -OCH3 is 2. The van der Waals surface area contributed by atoms with Gasteiger partial charge >= 0.3 is 0 Å². The molecule has 3 aromatic rings. The Balaban J connectivity index is 1.75. The van der Waals surface area contributed by atoms with Crippen molar-refractivity contribution in [1.82, 2.24) is 0 Å². The summed E-state index contributed by atoms with van der Waals surface area (Å²) in [6.45, 7) is 4.52. The van der Waals surface area contributed by atoms with Crippen LogP contribution in [0.4, 0.5) is 5.69 Å². The van der Waals surface area contributed by atoms with Gasteiger partial charge in [-0.2, -0.15) is 0 Å². The molecule has 0 aliphatic heterocycles. The van der Waals surface area contributed by atoms with Gasteiger partial charge in [0.1, 0.15) is 12.4 Å². The van der Waals surface area contributed by atoms with Crippen molar-refractivity contribution < 1.29 is 19.0 Å². The second-order valence-electron chi connectivity index (χ2n) is 7.20. The molecular weight excluding hydrogens is 378 g/mol. The number of amides is 1. The van der Waals surface area contributed by atoms with Crippen LogP contribution in [0.3, 0.4) is 0 Å². The highest BCUT2D eigenvalue weighted by atomic mass is 16.5. The molecule has 0 aliphatic carbocycles. The van der Waals surface area contributed by atoms with E-state index in [1.54, 1.807) is 32.4 Å². The van der Waals surface area contributed by atoms with E-state index in [1.807, 2.05) is 48.5 Å². The first-order chi connectivity index (χ1) is 14.5. The number of hydrogen-bond acceptors (Lipinski definition) is 4. The number of carbonyl (C=O) groups excluding carboxylic acids is 1. The molecule has 30 heavy (non-hydrogen) atoms. The summed E-state index contributed by atoms with van der Waals surface area (Å²) in [4.78, 5) is 12.7. The fourth-order valence-corrected chi connectivity index (χ4v) is 3.08. The maximum Gasteiger partial charge on any atom is 0.255 e. The van der Waals surface area contributed by atoms with Gasteiger partial charge < -0.3 is 19.5 Å². The van der Waals surface area contributed by atoms with Gasteiger partial charge in [-0.3, -0.25) is 4.79 Å². The maximum atomic E-state index is 12.7. The predicted octanol–water partition coefficient (Wildman–Crippen LogP) is 5.66. The molecule has 1 N–H and O–H groups in total. The van der Waals surface area contributed by atoms with Crippen LogP contribution in [0.25, 0.3) is 0 Å². The first kappa shape index (κ1) is 21.2. The zero-order chi connectivity index (χ0) is 21.5. The smallest absolute Gasteiger partial charge is 0.255 e. The molecule has 0 saturated heterocycles. The third kappa shape index (κ3) is 5.11. The van der Waals surface area contributed by atoms with Crippen LogP contribution in [0.15, 0.2) is 66.7 Å². The largest absolute Gasteiger partial charge is 0.496 e. The molecule has 1 amide bonds. The summed E-state index contributed by atoms with van der Waals surface area (Å²) in [5.74, 6) is 2.19. The summed E-state index contributed by atoms with van der Waals surface area (Å²) in [6, 6.07) is 20.6. The summed E-state index contributed by atoms with van der Waals surface area (Å²) in [6.07, 6.45) is 0. The number of nitrogens with one attached hydrogen (secondary N) is 1. The molecule has 0 unspecified atom stereocenters. The van der Waals surface area contributed by atoms with Crippen LogP contribution in [-0.2, 0) is 6.61 Å². The summed E-state index contributed by atoms with van der Waals surface area (Å²) >= 11 is 0. The lowest BCUT2D eigenvalue weighted by atomic mass is 10.0. The minimum atomic E-state index is -0.187. The van der Waals surface area contributed by atoms with Crippen molar-refractivity contribution in [2.24, 2.45) is 0 Å². The third-order valence-corrected chi connectivity index (χ3v) is 4.83. The van der Waals surface area contributed by atoms with Gasteiger partial charge in [-0.25, -0.2) is 0 Å². The van der Waals surface area contributed by atoms with E-state index >= 15 is 0 Å². The number of hydrogen-bond donors (Lipinski definition) is 1. The van der Waals surface area contributed by atoms with Crippen molar-refractivity contribution in [1.29, 1.82) is 0 Å². The highest BCUT2D eigenvalue weighted by Gasteiger charge is 2.13. The molecule has 3 aromatic carbocycles. The number of para-hydroxylation sites is 2. The molecule has 5 nitrogen and oxygen atoms in total. The molecule has 0 heterocycles. The third-order valence-electron chi connectivity index (χ3n) is 4.83. The fourth-order valence-electron chi connectivity index (χ4n) is 3.08. The molecule has 0 aromatic heterocycles. The van der Waals surface area contributed by atoms with Crippen molar-refractivity contribution in [2.45, 2.75) is 26.4 Å². The van der Waals surface area contributed by atoms with Gasteiger partial charge in [-0.1, -0.05) is 38.1 Å². The summed E-state index contributed by atoms with van der Waals surface area (Å²) in [5, 5.41) is 2.94. The second kappa shape index (κ2) is 9.83. The first-order valence-corrected chi connectivity index (χ1v) is 9.86. The zero-order valence-electron chi connectivity index (χ0n) is 17.8. The van der Waals surface area contributed by atoms with Crippen LogP contribution < -0.4 is 19.5 Å². The van der Waals surface area contributed by atoms with E-state index in [-0.39, 0.29) is 12.5 Å². The first-order valence-electron chi connectivity index (χ1n) is 9.86. The summed E-state index contributed by atoms with van der Waals surface area (Å²) in [5.41, 5.74) is 3.29. The predicted molar refractivity (Wildman–Crippen MR) is 119 cm³/mol. The van der Waals surface area contributed by atoms with Gasteiger partial charge in [0.15, 0.2) is 11.5 Å². The summed E-state index contributed by atoms with van der Waals surface area (Å²) < 4.78 is 16.7. The van der Waals surface area contributed by atoms with E-state index in [0.29, 0.717) is 28.7 Å². The average Bonchev–Trinajstić information content (AvgIpc) is 2.77. The normalized spacial score (nSPS) is 10.6. The Morgan fingerprint density at radius 2 is 1.53 bits per heavy atom. The van der Waals surface area contributed by atoms with Crippen LogP contribution >= 0.6 is 0 Å². The Morgan fingerprint density at radius 3 is 2.17 bits per heavy atom. The van der Waals surface area contributed by atoms with Gasteiger partial charge in [0.05, 0.1) is 14.2 Å². The topological polar surface area (TPSA) is 56.8 Å². The number of ether oxygens (including phenoxy) is 3. The van der Waals surface area contributed by atoms with E-state index in [9.17, 15) is 4.79 Å². The van der Waals surface area contributed by atoms with Gasteiger partial charge in [-0.05, 0) is 53.9 Å². The molecule has 156 valence electrons. The van der Waals surface area contributed by atoms with E-state index in [2.05, 4.69) is 19.2 Å². The Bertz CT molecular complexity index is 996. The van der Waals surface area contributed by atoms with Gasteiger partial charge in [0.25, 0.3) is 5.91 Å². The second-order valence-corrected chi connectivity index (χ2v) is 7.20. The highest BCUT2D eigenvalue weighted by molar-refractivity contribution is 6.04. The van der Waals surface area contributed by atoms with Gasteiger partial charge in [-0.15, -0.1) is 0 Å². The quantitative estimate of drug-likeness (QED) is 0.525. The van der Waals surface area contributed by atoms with E-state index < -0.39 is 0 Å². The van der Waals surface area contributed by atoms with Crippen molar-refractivity contribution in [3.05, 3.63) is 83.4 Å². The lowest BCUT2D eigenvalue weighted by Gasteiger charge is -2.14. The standard InChI is InChI=1S/C25H27NO4/c1-17(2)18-9-12-21(13-10-18)26-25(27)19-11-14-22(28-3)20(15-19)16-30-24-8-6-5-7-23(24)29-4/h5-15,17H,16H2,1-4H3,(H,26,27). The molecule has 3 rings (SSSR count). The number of carbonyl (C=O) groups is 1. The molecule has 0 fully saturated rings. The van der Waals surface area contributed by atoms with Crippen LogP contribution in [0, 0.1) is 0 Å². The number of rotatable bonds is 8. The zero-order valence-corrected chi connectivity index (χ0v) is 17.8. The lowest BCUT2D eigenvalue weighted by molar-refractivity contribution is 0.102. The molecule has 0 radical (unpaired) electrons. The van der Waals surface area contributed by atoms with E-state index in [0.717, 1.165) is 11.3 Å². The molecule has 0 saturated carbocycles. The van der Waals surface area contributed by atoms with Gasteiger partial charge in [0, 0.05) is 16.8 Å². The highest BCUT2D eigenvalue weighted by Crippen LogP contribution is 2.29. The SMILES string of the molecule is COc1ccc(C(=O)Nc2ccc(C(C)C)cc2)cc1COc1ccccc1OC. The van der Waals surface area contributed by atoms with Crippen molar-refractivity contribution >= 4 is 11.6 Å². The van der Waals surface area contributed by atoms with Crippen LogP contribution in [0.5, 0.6) is 17.2 Å². The summed E-state index contributed by atoms with van der Waals surface area (Å²) in [7, 11) is 3.19. The van der Waals surface area contributed by atoms with Crippen LogP contribution in [0.2, 0.25) is 0 Å². The van der Waals surface area contributed by atoms with Crippen LogP contribution in [-0.4, -0.2) is 20.1 Å². The monoisotopic (exact) mass is 405 g/mol. The minimum absolute atomic E-state index is 0.187. The number of anilines is 1. The number of benzene rings is 3. The van der Waals surface area contributed by atoms with E-state index in [4.69, 9.17) is 14.2 Å². The van der Waals surface area contributed by atoms with E-state index in [1.165, 1.54) is 5.56 Å². The molecule has 5 heteroatoms. The van der Waals surface area contributed by atoms with Crippen molar-refractivity contribution in [2.75, 3.05) is 19.5 Å². The molecule has 0 atom stereocenters. The Morgan fingerprint density at radius 1 is 0.867 bits per heavy atom. The lowest BCUT2D eigenvalue weighted by Crippen LogP contribution is -2.13. The van der Waals surface area contributed by atoms with Crippen LogP contribution in [0.1, 0.15) is 41.3 Å². The van der Waals surface area contributed by atoms with Crippen molar-refractivity contribution in [3.8, 4) is 17.2 Å². The van der Waals surface area contributed by atoms with Gasteiger partial charge in [0.2, 0.25) is 0 Å². The molecular formula is C25H27NO4. The maximum absolute atomic E-state index is 12.7. The Kier molecular flexibility index (Phi) is 6.96.